The molecule has 0 bridgehead atoms. The Morgan fingerprint density at radius 2 is 0.625 bits per heavy atom. The third kappa shape index (κ3) is 9.84. The predicted molar refractivity (Wildman–Crippen MR) is 168 cm³/mol. The van der Waals surface area contributed by atoms with Crippen LogP contribution in [0.2, 0.25) is 0 Å². The molecule has 1 aliphatic rings. The van der Waals surface area contributed by atoms with Gasteiger partial charge in [-0.05, 0) is 52.0 Å². The van der Waals surface area contributed by atoms with E-state index in [1.807, 2.05) is 0 Å². The maximum atomic E-state index is 5.98. The zero-order chi connectivity index (χ0) is 28.4. The maximum absolute atomic E-state index is 5.98. The summed E-state index contributed by atoms with van der Waals surface area (Å²) in [7, 11) is 0. The molecule has 0 N–H and O–H groups in total. The van der Waals surface area contributed by atoms with Crippen molar-refractivity contribution < 1.29 is 18.9 Å². The molecule has 2 aromatic rings. The van der Waals surface area contributed by atoms with Crippen LogP contribution in [-0.4, -0.2) is 105 Å². The van der Waals surface area contributed by atoms with Crippen LogP contribution in [0.4, 0.5) is 22.7 Å². The molecule has 1 aliphatic heterocycles. The standard InChI is InChI=1S/C32H52N4O4/c1-5-33-17-21-37-25-26-39-23-19-35(7-3)31-15-11-12-16-32(31)36(8-4)20-24-40-28-27-38-22-18-34(6-2)30-14-10-9-13-29(30)33/h9-16H,5-8,17-28H2,1-4H3. The van der Waals surface area contributed by atoms with Gasteiger partial charge in [-0.2, -0.15) is 0 Å². The summed E-state index contributed by atoms with van der Waals surface area (Å²) in [6, 6.07) is 17.3. The highest BCUT2D eigenvalue weighted by Crippen LogP contribution is 2.30. The number of rotatable bonds is 4. The highest BCUT2D eigenvalue weighted by Gasteiger charge is 2.16. The second-order valence-corrected chi connectivity index (χ2v) is 9.75. The molecule has 2 aromatic carbocycles. The second kappa shape index (κ2) is 18.8. The van der Waals surface area contributed by atoms with Gasteiger partial charge in [0.1, 0.15) is 0 Å². The summed E-state index contributed by atoms with van der Waals surface area (Å²) in [4.78, 5) is 9.56. The lowest BCUT2D eigenvalue weighted by atomic mass is 10.2. The Kier molecular flexibility index (Phi) is 15.0. The molecule has 0 aromatic heterocycles. The predicted octanol–water partition coefficient (Wildman–Crippen LogP) is 4.77. The molecular formula is C32H52N4O4. The molecule has 40 heavy (non-hydrogen) atoms. The Morgan fingerprint density at radius 3 is 0.825 bits per heavy atom. The number of para-hydroxylation sites is 4. The lowest BCUT2D eigenvalue weighted by Gasteiger charge is -2.32. The molecule has 8 nitrogen and oxygen atoms in total. The minimum Gasteiger partial charge on any atom is -0.377 e. The molecule has 0 saturated carbocycles. The first-order valence-electron chi connectivity index (χ1n) is 15.2. The molecule has 8 heteroatoms. The molecule has 1 heterocycles. The molecule has 0 amide bonds. The average molecular weight is 557 g/mol. The number of anilines is 4. The van der Waals surface area contributed by atoms with Crippen molar-refractivity contribution >= 4 is 22.7 Å². The molecule has 3 rings (SSSR count). The van der Waals surface area contributed by atoms with Gasteiger partial charge in [0.25, 0.3) is 0 Å². The van der Waals surface area contributed by atoms with Crippen LogP contribution in [0.15, 0.2) is 48.5 Å². The fraction of sp³-hybridized carbons (Fsp3) is 0.625. The first kappa shape index (κ1) is 32.0. The van der Waals surface area contributed by atoms with Crippen molar-refractivity contribution in [2.24, 2.45) is 0 Å². The van der Waals surface area contributed by atoms with Gasteiger partial charge in [0.05, 0.1) is 75.6 Å². The van der Waals surface area contributed by atoms with Crippen molar-refractivity contribution in [3.8, 4) is 0 Å². The van der Waals surface area contributed by atoms with E-state index < -0.39 is 0 Å². The number of hydrogen-bond donors (Lipinski definition) is 0. The Hall–Kier alpha value is -2.52. The molecule has 0 spiro atoms. The zero-order valence-corrected chi connectivity index (χ0v) is 25.4. The molecule has 0 saturated heterocycles. The molecular weight excluding hydrogens is 504 g/mol. The maximum Gasteiger partial charge on any atom is 0.0701 e. The van der Waals surface area contributed by atoms with E-state index in [9.17, 15) is 0 Å². The Bertz CT molecular complexity index is 797. The lowest BCUT2D eigenvalue weighted by molar-refractivity contribution is 0.0526. The van der Waals surface area contributed by atoms with Gasteiger partial charge in [-0.25, -0.2) is 0 Å². The summed E-state index contributed by atoms with van der Waals surface area (Å²) in [6.07, 6.45) is 0. The van der Waals surface area contributed by atoms with Crippen LogP contribution in [0.1, 0.15) is 27.7 Å². The summed E-state index contributed by atoms with van der Waals surface area (Å²) < 4.78 is 23.9. The molecule has 0 unspecified atom stereocenters. The average Bonchev–Trinajstić information content (AvgIpc) is 2.99. The number of benzene rings is 2. The SMILES string of the molecule is CCN1CCOCCOCCN(CC)c2ccccc2N(CC)CCOCCOCCN(CC)c2ccccc21. The van der Waals surface area contributed by atoms with Gasteiger partial charge in [-0.3, -0.25) is 0 Å². The highest BCUT2D eigenvalue weighted by molar-refractivity contribution is 5.72. The summed E-state index contributed by atoms with van der Waals surface area (Å²) in [5, 5.41) is 0. The van der Waals surface area contributed by atoms with Crippen LogP contribution in [0, 0.1) is 0 Å². The van der Waals surface area contributed by atoms with Crippen molar-refractivity contribution in [2.75, 3.05) is 125 Å². The van der Waals surface area contributed by atoms with Gasteiger partial charge < -0.3 is 38.5 Å². The van der Waals surface area contributed by atoms with E-state index in [0.717, 1.165) is 52.4 Å². The van der Waals surface area contributed by atoms with Crippen LogP contribution in [0.25, 0.3) is 0 Å². The minimum atomic E-state index is 0.601. The molecule has 0 atom stereocenters. The first-order chi connectivity index (χ1) is 19.7. The first-order valence-corrected chi connectivity index (χ1v) is 15.2. The minimum absolute atomic E-state index is 0.601. The second-order valence-electron chi connectivity index (χ2n) is 9.75. The number of fused-ring (bicyclic) bond motifs is 2. The van der Waals surface area contributed by atoms with Crippen molar-refractivity contribution in [1.82, 2.24) is 0 Å². The van der Waals surface area contributed by atoms with Crippen molar-refractivity contribution in [3.63, 3.8) is 0 Å². The van der Waals surface area contributed by atoms with Crippen LogP contribution >= 0.6 is 0 Å². The number of hydrogen-bond acceptors (Lipinski definition) is 8. The molecule has 0 fully saturated rings. The van der Waals surface area contributed by atoms with Crippen LogP contribution in [-0.2, 0) is 18.9 Å². The van der Waals surface area contributed by atoms with E-state index in [-0.39, 0.29) is 0 Å². The molecule has 0 aliphatic carbocycles. The normalized spacial score (nSPS) is 18.1. The molecule has 0 radical (unpaired) electrons. The van der Waals surface area contributed by atoms with Crippen LogP contribution in [0.3, 0.4) is 0 Å². The van der Waals surface area contributed by atoms with E-state index >= 15 is 0 Å². The summed E-state index contributed by atoms with van der Waals surface area (Å²) in [5.41, 5.74) is 4.96. The van der Waals surface area contributed by atoms with Gasteiger partial charge in [0.2, 0.25) is 0 Å². The van der Waals surface area contributed by atoms with Crippen molar-refractivity contribution in [1.29, 1.82) is 0 Å². The zero-order valence-electron chi connectivity index (χ0n) is 25.4. The van der Waals surface area contributed by atoms with E-state index in [4.69, 9.17) is 18.9 Å². The van der Waals surface area contributed by atoms with E-state index in [2.05, 4.69) is 95.8 Å². The van der Waals surface area contributed by atoms with Crippen molar-refractivity contribution in [3.05, 3.63) is 48.5 Å². The van der Waals surface area contributed by atoms with Gasteiger partial charge in [-0.1, -0.05) is 24.3 Å². The van der Waals surface area contributed by atoms with E-state index in [1.54, 1.807) is 0 Å². The fourth-order valence-corrected chi connectivity index (χ4v) is 5.14. The van der Waals surface area contributed by atoms with Gasteiger partial charge in [0, 0.05) is 52.4 Å². The van der Waals surface area contributed by atoms with Gasteiger partial charge in [-0.15, -0.1) is 0 Å². The lowest BCUT2D eigenvalue weighted by Crippen LogP contribution is -2.33. The fourth-order valence-electron chi connectivity index (χ4n) is 5.14. The highest BCUT2D eigenvalue weighted by atomic mass is 16.5. The third-order valence-corrected chi connectivity index (χ3v) is 7.42. The monoisotopic (exact) mass is 556 g/mol. The molecule has 224 valence electrons. The number of likely N-dealkylation sites (N-methyl/N-ethyl adjacent to an activating group) is 4. The Morgan fingerprint density at radius 1 is 0.400 bits per heavy atom. The van der Waals surface area contributed by atoms with E-state index in [0.29, 0.717) is 52.9 Å². The largest absolute Gasteiger partial charge is 0.377 e. The number of ether oxygens (including phenoxy) is 4. The van der Waals surface area contributed by atoms with E-state index in [1.165, 1.54) is 22.7 Å². The van der Waals surface area contributed by atoms with Crippen molar-refractivity contribution in [2.45, 2.75) is 27.7 Å². The van der Waals surface area contributed by atoms with Crippen LogP contribution < -0.4 is 19.6 Å². The quantitative estimate of drug-likeness (QED) is 0.534. The Labute approximate surface area is 242 Å². The summed E-state index contributed by atoms with van der Waals surface area (Å²) in [6.45, 7) is 20.9. The van der Waals surface area contributed by atoms with Gasteiger partial charge in [0.15, 0.2) is 0 Å². The number of nitrogens with zero attached hydrogens (tertiary/aromatic N) is 4. The topological polar surface area (TPSA) is 49.9 Å². The Balaban J connectivity index is 1.66. The van der Waals surface area contributed by atoms with Crippen LogP contribution in [0.5, 0.6) is 0 Å². The smallest absolute Gasteiger partial charge is 0.0701 e. The summed E-state index contributed by atoms with van der Waals surface area (Å²) >= 11 is 0. The third-order valence-electron chi connectivity index (χ3n) is 7.42. The summed E-state index contributed by atoms with van der Waals surface area (Å²) in [5.74, 6) is 0. The van der Waals surface area contributed by atoms with Gasteiger partial charge >= 0.3 is 0 Å².